The summed E-state index contributed by atoms with van der Waals surface area (Å²) in [5, 5.41) is 7.35. The van der Waals surface area contributed by atoms with Gasteiger partial charge in [-0.1, -0.05) is 164 Å². The second-order valence-electron chi connectivity index (χ2n) is 19.1. The zero-order valence-electron chi connectivity index (χ0n) is 40.5. The van der Waals surface area contributed by atoms with Crippen LogP contribution in [0.25, 0.3) is 133 Å². The molecule has 8 aromatic carbocycles. The Hall–Kier alpha value is -10.1. The van der Waals surface area contributed by atoms with Gasteiger partial charge in [0.25, 0.3) is 0 Å². The molecule has 0 saturated heterocycles. The molecule has 0 N–H and O–H groups in total. The van der Waals surface area contributed by atoms with Crippen LogP contribution in [-0.4, -0.2) is 38.6 Å². The summed E-state index contributed by atoms with van der Waals surface area (Å²) in [6, 6.07) is 75.6. The van der Waals surface area contributed by atoms with E-state index in [1.807, 2.05) is 36.4 Å². The number of para-hydroxylation sites is 3. The van der Waals surface area contributed by atoms with Gasteiger partial charge in [0.15, 0.2) is 17.5 Å². The van der Waals surface area contributed by atoms with Crippen LogP contribution in [0.3, 0.4) is 0 Å². The summed E-state index contributed by atoms with van der Waals surface area (Å²) < 4.78 is 7.62. The topological polar surface area (TPSA) is 79.2 Å². The van der Waals surface area contributed by atoms with E-state index in [0.29, 0.717) is 28.9 Å². The first-order valence-corrected chi connectivity index (χ1v) is 25.4. The van der Waals surface area contributed by atoms with Crippen molar-refractivity contribution in [3.8, 4) is 68.1 Å². The number of hydrogen-bond donors (Lipinski definition) is 0. The molecule has 0 radical (unpaired) electrons. The smallest absolute Gasteiger partial charge is 0.182 e. The predicted molar refractivity (Wildman–Crippen MR) is 306 cm³/mol. The maximum absolute atomic E-state index is 5.20. The second kappa shape index (κ2) is 17.3. The van der Waals surface area contributed by atoms with E-state index in [0.717, 1.165) is 56.6 Å². The minimum atomic E-state index is 0.0681. The Morgan fingerprint density at radius 3 is 1.41 bits per heavy atom. The van der Waals surface area contributed by atoms with Gasteiger partial charge in [-0.05, 0) is 90.3 Å². The monoisotopic (exact) mass is 960 g/mol. The summed E-state index contributed by atoms with van der Waals surface area (Å²) in [5.74, 6) is 1.47. The second-order valence-corrected chi connectivity index (χ2v) is 19.1. The largest absolute Gasteiger partial charge is 0.332 e. The van der Waals surface area contributed by atoms with E-state index >= 15 is 0 Å². The molecule has 1 unspecified atom stereocenters. The summed E-state index contributed by atoms with van der Waals surface area (Å²) >= 11 is 0. The fraction of sp³-hybridized carbons (Fsp3) is 0.0299. The van der Waals surface area contributed by atoms with Gasteiger partial charge in [-0.25, -0.2) is 15.0 Å². The maximum Gasteiger partial charge on any atom is 0.182 e. The van der Waals surface area contributed by atoms with Gasteiger partial charge in [0, 0.05) is 67.1 Å². The average molecular weight is 961 g/mol. The van der Waals surface area contributed by atoms with Crippen LogP contribution in [0.5, 0.6) is 0 Å². The molecule has 0 bridgehead atoms. The van der Waals surface area contributed by atoms with Gasteiger partial charge in [0.2, 0.25) is 0 Å². The molecule has 0 spiro atoms. The molecule has 0 fully saturated rings. The highest BCUT2D eigenvalue weighted by atomic mass is 15.1. The molecule has 0 amide bonds. The van der Waals surface area contributed by atoms with Crippen molar-refractivity contribution in [2.75, 3.05) is 0 Å². The Morgan fingerprint density at radius 2 is 0.880 bits per heavy atom. The van der Waals surface area contributed by atoms with Crippen LogP contribution in [0.15, 0.2) is 249 Å². The van der Waals surface area contributed by atoms with Crippen molar-refractivity contribution in [2.45, 2.75) is 12.5 Å². The Kier molecular flexibility index (Phi) is 9.84. The third kappa shape index (κ3) is 6.80. The van der Waals surface area contributed by atoms with Gasteiger partial charge in [-0.15, -0.1) is 0 Å². The molecule has 0 saturated carbocycles. The van der Waals surface area contributed by atoms with Crippen molar-refractivity contribution >= 4 is 65.4 Å². The van der Waals surface area contributed by atoms with Crippen molar-refractivity contribution in [2.24, 2.45) is 0 Å². The molecule has 0 aliphatic heterocycles. The van der Waals surface area contributed by atoms with Crippen molar-refractivity contribution in [3.63, 3.8) is 0 Å². The summed E-state index contributed by atoms with van der Waals surface area (Å²) in [6.45, 7) is 0. The van der Waals surface area contributed by atoms with E-state index in [1.165, 1.54) is 54.4 Å². The lowest BCUT2D eigenvalue weighted by molar-refractivity contribution is 0.650. The van der Waals surface area contributed by atoms with Crippen molar-refractivity contribution in [1.29, 1.82) is 0 Å². The van der Waals surface area contributed by atoms with Crippen LogP contribution in [-0.2, 0) is 0 Å². The van der Waals surface area contributed by atoms with Gasteiger partial charge in [0.1, 0.15) is 11.4 Å². The number of fused-ring (bicyclic) bond motifs is 11. The molecule has 14 aromatic rings. The Morgan fingerprint density at radius 1 is 0.387 bits per heavy atom. The Labute approximate surface area is 431 Å². The predicted octanol–water partition coefficient (Wildman–Crippen LogP) is 16.4. The number of aromatic nitrogens is 8. The first-order valence-electron chi connectivity index (χ1n) is 25.4. The Balaban J connectivity index is 1.07. The summed E-state index contributed by atoms with van der Waals surface area (Å²) in [4.78, 5) is 24.7. The molecule has 6 aromatic heterocycles. The molecular weight excluding hydrogens is 917 g/mol. The van der Waals surface area contributed by atoms with Crippen LogP contribution in [0.2, 0.25) is 0 Å². The van der Waals surface area contributed by atoms with E-state index in [9.17, 15) is 0 Å². The van der Waals surface area contributed by atoms with Gasteiger partial charge in [0.05, 0.1) is 44.8 Å². The minimum absolute atomic E-state index is 0.0681. The Bertz CT molecular complexity index is 4470. The fourth-order valence-electron chi connectivity index (χ4n) is 11.7. The number of rotatable bonds is 8. The minimum Gasteiger partial charge on any atom is -0.332 e. The third-order valence-corrected chi connectivity index (χ3v) is 14.9. The lowest BCUT2D eigenvalue weighted by atomic mass is 9.92. The van der Waals surface area contributed by atoms with Crippen LogP contribution in [0.1, 0.15) is 12.5 Å². The molecule has 1 atom stereocenters. The van der Waals surface area contributed by atoms with E-state index in [2.05, 4.69) is 224 Å². The van der Waals surface area contributed by atoms with Gasteiger partial charge < -0.3 is 13.7 Å². The molecule has 15 rings (SSSR count). The first kappa shape index (κ1) is 42.6. The quantitative estimate of drug-likeness (QED) is 0.152. The van der Waals surface area contributed by atoms with Crippen LogP contribution >= 0.6 is 0 Å². The third-order valence-electron chi connectivity index (χ3n) is 14.9. The fourth-order valence-corrected chi connectivity index (χ4v) is 11.7. The highest BCUT2D eigenvalue weighted by molar-refractivity contribution is 6.31. The van der Waals surface area contributed by atoms with Gasteiger partial charge >= 0.3 is 0 Å². The van der Waals surface area contributed by atoms with E-state index in [1.54, 1.807) is 12.4 Å². The maximum atomic E-state index is 5.20. The van der Waals surface area contributed by atoms with Gasteiger partial charge in [-0.2, -0.15) is 0 Å². The molecule has 6 heterocycles. The molecule has 352 valence electrons. The number of hydrogen-bond acceptors (Lipinski definition) is 5. The zero-order chi connectivity index (χ0) is 49.4. The van der Waals surface area contributed by atoms with E-state index in [-0.39, 0.29) is 6.04 Å². The number of nitrogens with zero attached hydrogens (tertiary/aromatic N) is 8. The summed E-state index contributed by atoms with van der Waals surface area (Å²) in [6.07, 6.45) is 13.5. The molecular formula is C67H44N8. The van der Waals surface area contributed by atoms with Crippen LogP contribution in [0, 0.1) is 0 Å². The van der Waals surface area contributed by atoms with Crippen molar-refractivity contribution in [3.05, 3.63) is 249 Å². The molecule has 75 heavy (non-hydrogen) atoms. The van der Waals surface area contributed by atoms with Crippen molar-refractivity contribution in [1.82, 2.24) is 38.6 Å². The van der Waals surface area contributed by atoms with Crippen molar-refractivity contribution < 1.29 is 0 Å². The zero-order valence-corrected chi connectivity index (χ0v) is 40.5. The summed E-state index contributed by atoms with van der Waals surface area (Å²) in [7, 11) is 0. The molecule has 8 heteroatoms. The molecule has 8 nitrogen and oxygen atoms in total. The van der Waals surface area contributed by atoms with Crippen LogP contribution < -0.4 is 0 Å². The average Bonchev–Trinajstić information content (AvgIpc) is 4.24. The molecule has 1 aliphatic rings. The van der Waals surface area contributed by atoms with Crippen LogP contribution in [0.4, 0.5) is 0 Å². The first-order chi connectivity index (χ1) is 37.2. The number of allylic oxidation sites excluding steroid dienone is 4. The lowest BCUT2D eigenvalue weighted by Gasteiger charge is -2.21. The highest BCUT2D eigenvalue weighted by Gasteiger charge is 2.29. The standard InChI is InChI=1S/C67H44N8/c1-5-21-43(22-6-1)52-41-45(65-70-66(54-31-17-19-39-68-54)72-67(71-65)55-32-18-20-40-69-55)42-53(44-23-7-2-8-24-44)62(52)75-57-34-16-14-30-51(57)61-59(75)38-36-49-48-35-37-58-60(63(48)74(64(49)61)47-27-11-4-12-28-47)50-29-13-15-33-56(50)73(58)46-25-9-3-10-26-46/h1-27,29-42,47H,28H2. The number of benzene rings is 8. The normalized spacial score (nSPS) is 13.6. The molecule has 1 aliphatic carbocycles. The highest BCUT2D eigenvalue weighted by Crippen LogP contribution is 2.49. The number of pyridine rings is 2. The van der Waals surface area contributed by atoms with E-state index in [4.69, 9.17) is 15.0 Å². The SMILES string of the molecule is C1=CCC(n2c3c(ccc4c3c3ccccc3n4-c3ccccc3)c3ccc4c(c5ccccc5n4-c4c(-c5ccccc5)cc(-c5nc(-c6ccccn6)nc(-c6ccccn6)n5)cc4-c4ccccc4)c32)C=C1. The van der Waals surface area contributed by atoms with Gasteiger partial charge in [-0.3, -0.25) is 9.97 Å². The van der Waals surface area contributed by atoms with E-state index < -0.39 is 0 Å². The summed E-state index contributed by atoms with van der Waals surface area (Å²) in [5.41, 5.74) is 15.6. The lowest BCUT2D eigenvalue weighted by Crippen LogP contribution is -2.07.